The molecule has 10 nitrogen and oxygen atoms in total. The first-order chi connectivity index (χ1) is 13.4. The number of H-pyrrole nitrogens is 1. The van der Waals surface area contributed by atoms with Crippen molar-refractivity contribution < 1.29 is 19.5 Å². The summed E-state index contributed by atoms with van der Waals surface area (Å²) < 4.78 is 0. The number of nitrogens with zero attached hydrogens (tertiary/aromatic N) is 4. The molecule has 2 amide bonds. The van der Waals surface area contributed by atoms with Crippen LogP contribution in [-0.4, -0.2) is 83.9 Å². The number of amides is 2. The topological polar surface area (TPSA) is 146 Å². The molecule has 0 spiro atoms. The van der Waals surface area contributed by atoms with Gasteiger partial charge in [-0.05, 0) is 19.4 Å². The number of likely N-dealkylation sites (N-methyl/N-ethyl adjacent to an activating group) is 1. The summed E-state index contributed by atoms with van der Waals surface area (Å²) in [6, 6.07) is -0.646. The Balaban J connectivity index is 1.65. The molecule has 152 valence electrons. The molecule has 1 aromatic heterocycles. The standard InChI is InChI=1S/C16H22N6O4S2/c1-3-21(4-2)10(23)5-9-18-16(20-19-9)28-7-8-6-27-14-11(17)13(24)22(14)12(8)15(25)26/h11,14H,3-7,17H2,1-2H3,(H,25,26)(H,18,19,20)/t11?,14-/m0/s1. The van der Waals surface area contributed by atoms with E-state index in [1.807, 2.05) is 13.8 Å². The van der Waals surface area contributed by atoms with Crippen molar-refractivity contribution in [3.63, 3.8) is 0 Å². The van der Waals surface area contributed by atoms with Gasteiger partial charge in [-0.1, -0.05) is 11.8 Å². The summed E-state index contributed by atoms with van der Waals surface area (Å²) in [4.78, 5) is 43.1. The van der Waals surface area contributed by atoms with Crippen LogP contribution in [0, 0.1) is 0 Å². The van der Waals surface area contributed by atoms with Crippen molar-refractivity contribution in [2.24, 2.45) is 5.73 Å². The molecule has 0 saturated carbocycles. The summed E-state index contributed by atoms with van der Waals surface area (Å²) >= 11 is 2.72. The summed E-state index contributed by atoms with van der Waals surface area (Å²) in [5.41, 5.74) is 6.38. The second-order valence-electron chi connectivity index (χ2n) is 6.29. The predicted molar refractivity (Wildman–Crippen MR) is 104 cm³/mol. The molecule has 2 atom stereocenters. The first kappa shape index (κ1) is 20.7. The van der Waals surface area contributed by atoms with E-state index in [1.165, 1.54) is 28.4 Å². The van der Waals surface area contributed by atoms with Gasteiger partial charge in [0.05, 0.1) is 6.42 Å². The van der Waals surface area contributed by atoms with Gasteiger partial charge in [0.15, 0.2) is 0 Å². The minimum Gasteiger partial charge on any atom is -0.477 e. The van der Waals surface area contributed by atoms with Crippen molar-refractivity contribution in [3.05, 3.63) is 17.1 Å². The Bertz CT molecular complexity index is 822. The average Bonchev–Trinajstić information content (AvgIpc) is 3.12. The van der Waals surface area contributed by atoms with Crippen LogP contribution in [0.3, 0.4) is 0 Å². The molecule has 3 heterocycles. The van der Waals surface area contributed by atoms with Gasteiger partial charge in [0, 0.05) is 24.6 Å². The van der Waals surface area contributed by atoms with E-state index in [4.69, 9.17) is 5.73 Å². The number of hydrogen-bond donors (Lipinski definition) is 3. The van der Waals surface area contributed by atoms with E-state index in [-0.39, 0.29) is 29.3 Å². The minimum absolute atomic E-state index is 0.00965. The van der Waals surface area contributed by atoms with Gasteiger partial charge in [0.2, 0.25) is 17.0 Å². The van der Waals surface area contributed by atoms with Crippen LogP contribution < -0.4 is 5.73 Å². The number of carbonyl (C=O) groups excluding carboxylic acids is 2. The number of carboxylic acid groups (broad SMARTS) is 1. The highest BCUT2D eigenvalue weighted by Crippen LogP contribution is 2.40. The Hall–Kier alpha value is -2.05. The quantitative estimate of drug-likeness (QED) is 0.383. The Kier molecular flexibility index (Phi) is 6.30. The second-order valence-corrected chi connectivity index (χ2v) is 8.34. The fourth-order valence-corrected chi connectivity index (χ4v) is 5.34. The lowest BCUT2D eigenvalue weighted by Crippen LogP contribution is -2.68. The van der Waals surface area contributed by atoms with E-state index in [0.29, 0.717) is 41.1 Å². The maximum atomic E-state index is 12.1. The van der Waals surface area contributed by atoms with Crippen molar-refractivity contribution in [3.8, 4) is 0 Å². The van der Waals surface area contributed by atoms with Crippen molar-refractivity contribution in [1.29, 1.82) is 0 Å². The number of thioether (sulfide) groups is 2. The zero-order valence-corrected chi connectivity index (χ0v) is 17.2. The molecule has 0 bridgehead atoms. The second kappa shape index (κ2) is 8.53. The summed E-state index contributed by atoms with van der Waals surface area (Å²) in [6.07, 6.45) is 0.135. The number of fused-ring (bicyclic) bond motifs is 1. The molecular weight excluding hydrogens is 404 g/mol. The molecular formula is C16H22N6O4S2. The molecule has 1 unspecified atom stereocenters. The summed E-state index contributed by atoms with van der Waals surface area (Å²) in [5.74, 6) is -0.255. The van der Waals surface area contributed by atoms with Gasteiger partial charge in [0.25, 0.3) is 0 Å². The van der Waals surface area contributed by atoms with E-state index in [1.54, 1.807) is 4.90 Å². The SMILES string of the molecule is CCN(CC)C(=O)Cc1nc(SCC2=C(C(=O)O)N3C(=O)C(N)[C@@H]3SC2)n[nH]1. The smallest absolute Gasteiger partial charge is 0.352 e. The van der Waals surface area contributed by atoms with Gasteiger partial charge in [-0.2, -0.15) is 0 Å². The van der Waals surface area contributed by atoms with Gasteiger partial charge in [-0.3, -0.25) is 19.6 Å². The number of nitrogens with two attached hydrogens (primary N) is 1. The molecule has 2 aliphatic rings. The monoisotopic (exact) mass is 426 g/mol. The molecule has 2 aliphatic heterocycles. The number of aromatic nitrogens is 3. The highest BCUT2D eigenvalue weighted by molar-refractivity contribution is 8.01. The first-order valence-corrected chi connectivity index (χ1v) is 10.9. The molecule has 0 aliphatic carbocycles. The largest absolute Gasteiger partial charge is 0.477 e. The van der Waals surface area contributed by atoms with Crippen molar-refractivity contribution in [2.75, 3.05) is 24.6 Å². The minimum atomic E-state index is -1.14. The van der Waals surface area contributed by atoms with E-state index >= 15 is 0 Å². The third-order valence-electron chi connectivity index (χ3n) is 4.61. The molecule has 12 heteroatoms. The third-order valence-corrected chi connectivity index (χ3v) is 6.91. The molecule has 28 heavy (non-hydrogen) atoms. The number of aromatic amines is 1. The van der Waals surface area contributed by atoms with Crippen molar-refractivity contribution in [1.82, 2.24) is 25.0 Å². The van der Waals surface area contributed by atoms with Crippen LogP contribution in [0.15, 0.2) is 16.4 Å². The van der Waals surface area contributed by atoms with Gasteiger partial charge in [0.1, 0.15) is 22.9 Å². The molecule has 1 fully saturated rings. The Morgan fingerprint density at radius 2 is 2.14 bits per heavy atom. The third kappa shape index (κ3) is 3.89. The number of carbonyl (C=O) groups is 3. The number of carboxylic acids is 1. The van der Waals surface area contributed by atoms with Crippen LogP contribution in [0.1, 0.15) is 19.7 Å². The summed E-state index contributed by atoms with van der Waals surface area (Å²) in [6.45, 7) is 5.10. The molecule has 4 N–H and O–H groups in total. The fourth-order valence-electron chi connectivity index (χ4n) is 3.10. The molecule has 0 aromatic carbocycles. The molecule has 3 rings (SSSR count). The lowest BCUT2D eigenvalue weighted by molar-refractivity contribution is -0.147. The number of hydrogen-bond acceptors (Lipinski definition) is 8. The zero-order chi connectivity index (χ0) is 20.4. The Labute approximate surface area is 170 Å². The highest BCUT2D eigenvalue weighted by atomic mass is 32.2. The van der Waals surface area contributed by atoms with Gasteiger partial charge in [-0.25, -0.2) is 9.78 Å². The van der Waals surface area contributed by atoms with Crippen LogP contribution in [0.4, 0.5) is 0 Å². The lowest BCUT2D eigenvalue weighted by Gasteiger charge is -2.48. The van der Waals surface area contributed by atoms with E-state index in [0.717, 1.165) is 0 Å². The summed E-state index contributed by atoms with van der Waals surface area (Å²) in [5, 5.41) is 16.5. The number of nitrogens with one attached hydrogen (secondary N) is 1. The number of β-lactam (4-membered cyclic amide) rings is 1. The normalized spacial score (nSPS) is 21.4. The van der Waals surface area contributed by atoms with Crippen LogP contribution in [-0.2, 0) is 20.8 Å². The van der Waals surface area contributed by atoms with Gasteiger partial charge < -0.3 is 15.7 Å². The highest BCUT2D eigenvalue weighted by Gasteiger charge is 2.51. The first-order valence-electron chi connectivity index (χ1n) is 8.84. The maximum absolute atomic E-state index is 12.1. The van der Waals surface area contributed by atoms with Crippen LogP contribution in [0.5, 0.6) is 0 Å². The molecule has 0 radical (unpaired) electrons. The van der Waals surface area contributed by atoms with Gasteiger partial charge in [-0.15, -0.1) is 16.9 Å². The zero-order valence-electron chi connectivity index (χ0n) is 15.5. The lowest BCUT2D eigenvalue weighted by atomic mass is 10.0. The van der Waals surface area contributed by atoms with Crippen LogP contribution >= 0.6 is 23.5 Å². The predicted octanol–water partition coefficient (Wildman–Crippen LogP) is -0.111. The average molecular weight is 427 g/mol. The summed E-state index contributed by atoms with van der Waals surface area (Å²) in [7, 11) is 0. The van der Waals surface area contributed by atoms with Crippen LogP contribution in [0.2, 0.25) is 0 Å². The van der Waals surface area contributed by atoms with Crippen LogP contribution in [0.25, 0.3) is 0 Å². The number of aliphatic carboxylic acids is 1. The fraction of sp³-hybridized carbons (Fsp3) is 0.562. The van der Waals surface area contributed by atoms with E-state index in [2.05, 4.69) is 15.2 Å². The van der Waals surface area contributed by atoms with E-state index < -0.39 is 12.0 Å². The van der Waals surface area contributed by atoms with E-state index in [9.17, 15) is 19.5 Å². The Morgan fingerprint density at radius 1 is 1.43 bits per heavy atom. The van der Waals surface area contributed by atoms with Gasteiger partial charge >= 0.3 is 5.97 Å². The van der Waals surface area contributed by atoms with Crippen molar-refractivity contribution in [2.45, 2.75) is 36.8 Å². The molecule has 1 saturated heterocycles. The Morgan fingerprint density at radius 3 is 2.79 bits per heavy atom. The maximum Gasteiger partial charge on any atom is 0.352 e. The molecule has 1 aromatic rings. The number of rotatable bonds is 8. The van der Waals surface area contributed by atoms with Crippen molar-refractivity contribution >= 4 is 41.3 Å².